The lowest BCUT2D eigenvalue weighted by molar-refractivity contribution is -0.310. The number of β-lactam (4-membered cyclic amide) rings is 1. The van der Waals surface area contributed by atoms with Crippen molar-refractivity contribution in [3.63, 3.8) is 0 Å². The third-order valence-corrected chi connectivity index (χ3v) is 21.5. The highest BCUT2D eigenvalue weighted by Crippen LogP contribution is 2.52. The van der Waals surface area contributed by atoms with E-state index >= 15 is 4.79 Å². The molecule has 3 N–H and O–H groups in total. The molecule has 5 aliphatic heterocycles. The van der Waals surface area contributed by atoms with E-state index in [0.29, 0.717) is 25.1 Å². The molecule has 5 fully saturated rings. The first-order valence-corrected chi connectivity index (χ1v) is 34.4. The summed E-state index contributed by atoms with van der Waals surface area (Å²) in [5.41, 5.74) is -2.83. The lowest BCUT2D eigenvalue weighted by Crippen LogP contribution is -2.71. The Hall–Kier alpha value is -5.57. The van der Waals surface area contributed by atoms with Crippen LogP contribution >= 0.6 is 11.8 Å². The Morgan fingerprint density at radius 2 is 1.40 bits per heavy atom. The van der Waals surface area contributed by atoms with Gasteiger partial charge in [0.05, 0.1) is 55.6 Å². The van der Waals surface area contributed by atoms with Crippen molar-refractivity contribution in [1.82, 2.24) is 20.0 Å². The molecule has 2 amide bonds. The summed E-state index contributed by atoms with van der Waals surface area (Å²) in [4.78, 5) is 91.6. The summed E-state index contributed by atoms with van der Waals surface area (Å²) in [7, 11) is 7.35. The van der Waals surface area contributed by atoms with E-state index in [1.165, 1.54) is 30.7 Å². The second-order valence-electron chi connectivity index (χ2n) is 28.4. The summed E-state index contributed by atoms with van der Waals surface area (Å²) in [6.45, 7) is 22.1. The first kappa shape index (κ1) is 75.2. The van der Waals surface area contributed by atoms with Gasteiger partial charge in [0.25, 0.3) is 0 Å². The topological polar surface area (TPSA) is 257 Å². The Labute approximate surface area is 565 Å². The van der Waals surface area contributed by atoms with Gasteiger partial charge >= 0.3 is 23.9 Å². The molecule has 0 aliphatic carbocycles. The van der Waals surface area contributed by atoms with Crippen LogP contribution in [0.2, 0.25) is 0 Å². The first-order chi connectivity index (χ1) is 44.8. The van der Waals surface area contributed by atoms with E-state index in [2.05, 4.69) is 10.2 Å². The minimum Gasteiger partial charge on any atom is -0.460 e. The van der Waals surface area contributed by atoms with Gasteiger partial charge in [-0.3, -0.25) is 28.9 Å². The maximum atomic E-state index is 15.2. The third kappa shape index (κ3) is 17.8. The van der Waals surface area contributed by atoms with Gasteiger partial charge in [0, 0.05) is 49.2 Å². The fraction of sp³-hybridized carbons (Fsp3) is 0.667. The number of ether oxygens (including phenoxy) is 10. The Balaban J connectivity index is 1.03. The number of hydrogen-bond acceptors (Lipinski definition) is 21. The molecule has 3 aromatic carbocycles. The highest BCUT2D eigenvalue weighted by molar-refractivity contribution is 8.01. The minimum atomic E-state index is -1.95. The second-order valence-corrected chi connectivity index (χ2v) is 30.2. The molecule has 22 nitrogen and oxygen atoms in total. The molecule has 0 radical (unpaired) electrons. The summed E-state index contributed by atoms with van der Waals surface area (Å²) < 4.78 is 63.4. The van der Waals surface area contributed by atoms with E-state index < -0.39 is 148 Å². The van der Waals surface area contributed by atoms with Crippen molar-refractivity contribution in [2.24, 2.45) is 17.8 Å². The highest BCUT2D eigenvalue weighted by Gasteiger charge is 2.66. The van der Waals surface area contributed by atoms with Crippen molar-refractivity contribution in [3.05, 3.63) is 108 Å². The van der Waals surface area contributed by atoms with Crippen LogP contribution in [0.1, 0.15) is 144 Å². The van der Waals surface area contributed by atoms with Crippen LogP contribution in [0.4, 0.5) is 0 Å². The van der Waals surface area contributed by atoms with Crippen LogP contribution in [-0.2, 0) is 89.3 Å². The fourth-order valence-electron chi connectivity index (χ4n) is 14.6. The monoisotopic (exact) mass is 1340 g/mol. The highest BCUT2D eigenvalue weighted by atomic mass is 32.2. The van der Waals surface area contributed by atoms with Crippen LogP contribution in [0.5, 0.6) is 0 Å². The number of carbonyl (C=O) groups excluding carboxylic acids is 6. The van der Waals surface area contributed by atoms with Crippen LogP contribution in [-0.4, -0.2) is 208 Å². The lowest BCUT2D eigenvalue weighted by Gasteiger charge is -2.49. The number of cyclic esters (lactones) is 1. The van der Waals surface area contributed by atoms with Crippen LogP contribution in [0, 0.1) is 17.8 Å². The molecule has 5 aliphatic rings. The number of amides is 2. The van der Waals surface area contributed by atoms with Gasteiger partial charge in [-0.15, -0.1) is 11.8 Å². The SMILES string of the molecule is CC[C@H]1OC(=O)[C@H](C)[C@@H](O[C@H]2C[C@@](C)(OC)[C@@H](OC(=O)C3N4C(=O)C(NC(=O)C(C(=O)OCc5ccccc5)c5ccccc5)C4SC3(C)C)[C@H](C)O2)[C@H](C)[C@@H](O[C@H]2C[C@@H](N(C)C)C[C@@H](C)O2)[C@](C)(O)C[C@@H](C)CN(C)[C@H](C)[C@@H](OC(=O)CCOCc2ccccc2)[C@]1(C)O. The van der Waals surface area contributed by atoms with E-state index in [1.54, 1.807) is 77.1 Å². The third-order valence-electron chi connectivity index (χ3n) is 19.9. The molecule has 0 spiro atoms. The molecular weight excluding hydrogens is 1240 g/mol. The zero-order chi connectivity index (χ0) is 69.5. The standard InChI is InChI=1S/C72H104N4O18S/c1-17-52-72(12,84)61(91-53(77)33-34-86-40-48-27-21-18-22-28-48)46(6)75(15)39-42(2)37-70(10,83)60(93-54-36-51(74(13)14)35-43(3)88-54)44(4)58(45(5)66(80)90-52)92-55-38-71(11,85-16)62(47(7)89-55)94-68(82)59-69(8,9)95-65-57(64(79)76(59)65)73-63(78)56(50-31-25-20-26-32-50)67(81)87-41-49-29-23-19-24-30-49/h18-32,42-47,51-52,54-62,65,83-84H,17,33-41H2,1-16H3,(H,73,78)/t42-,43-,44+,45-,46-,47+,51+,52-,54+,55+,56?,57?,58+,59?,60-,61-,62+,65?,70-,71-,72-/m1/s1. The molecular formula is C72H104N4O18S. The number of benzene rings is 3. The van der Waals surface area contributed by atoms with E-state index in [-0.39, 0.29) is 57.0 Å². The van der Waals surface area contributed by atoms with Gasteiger partial charge in [-0.05, 0) is 125 Å². The number of fused-ring (bicyclic) bond motifs is 1. The Bertz CT molecular complexity index is 3050. The molecule has 3 aromatic rings. The van der Waals surface area contributed by atoms with E-state index in [0.717, 1.165) is 17.5 Å². The number of likely N-dealkylation sites (N-methyl/N-ethyl adjacent to an activating group) is 1. The molecule has 95 heavy (non-hydrogen) atoms. The Morgan fingerprint density at radius 1 is 0.779 bits per heavy atom. The molecule has 21 atom stereocenters. The van der Waals surface area contributed by atoms with Crippen molar-refractivity contribution in [2.45, 2.75) is 247 Å². The zero-order valence-corrected chi connectivity index (χ0v) is 59.1. The zero-order valence-electron chi connectivity index (χ0n) is 58.3. The number of aliphatic hydroxyl groups is 2. The van der Waals surface area contributed by atoms with Crippen LogP contribution in [0.25, 0.3) is 0 Å². The number of thioether (sulfide) groups is 1. The summed E-state index contributed by atoms with van der Waals surface area (Å²) in [6.07, 6.45) is -7.38. The quantitative estimate of drug-likeness (QED) is 0.0303. The number of nitrogens with zero attached hydrogens (tertiary/aromatic N) is 3. The Kier molecular flexibility index (Phi) is 25.3. The smallest absolute Gasteiger partial charge is 0.330 e. The normalized spacial score (nSPS) is 35.9. The molecule has 526 valence electrons. The number of carbonyl (C=O) groups is 6. The fourth-order valence-corrected chi connectivity index (χ4v) is 16.2. The molecule has 0 bridgehead atoms. The summed E-state index contributed by atoms with van der Waals surface area (Å²) in [6, 6.07) is 24.4. The Morgan fingerprint density at radius 3 is 2.01 bits per heavy atom. The second kappa shape index (κ2) is 32.0. The van der Waals surface area contributed by atoms with Crippen LogP contribution in [0.3, 0.4) is 0 Å². The summed E-state index contributed by atoms with van der Waals surface area (Å²) >= 11 is 1.33. The van der Waals surface area contributed by atoms with Crippen molar-refractivity contribution in [2.75, 3.05) is 41.4 Å². The molecule has 5 heterocycles. The molecule has 23 heteroatoms. The van der Waals surface area contributed by atoms with Gasteiger partial charge in [-0.2, -0.15) is 0 Å². The van der Waals surface area contributed by atoms with Gasteiger partial charge in [-0.1, -0.05) is 112 Å². The molecule has 0 aromatic heterocycles. The first-order valence-electron chi connectivity index (χ1n) is 33.6. The van der Waals surface area contributed by atoms with Crippen molar-refractivity contribution < 1.29 is 86.3 Å². The van der Waals surface area contributed by atoms with Gasteiger partial charge < -0.3 is 72.7 Å². The average Bonchev–Trinajstić information content (AvgIpc) is 1.57. The average molecular weight is 1350 g/mol. The van der Waals surface area contributed by atoms with Gasteiger partial charge in [0.1, 0.15) is 47.5 Å². The van der Waals surface area contributed by atoms with Gasteiger partial charge in [0.2, 0.25) is 11.8 Å². The number of rotatable bonds is 21. The maximum absolute atomic E-state index is 15.2. The molecule has 8 rings (SSSR count). The van der Waals surface area contributed by atoms with E-state index in [4.69, 9.17) is 47.4 Å². The summed E-state index contributed by atoms with van der Waals surface area (Å²) in [5, 5.41) is 28.1. The number of methoxy groups -OCH3 is 1. The minimum absolute atomic E-state index is 0.0527. The van der Waals surface area contributed by atoms with Crippen LogP contribution in [0.15, 0.2) is 91.0 Å². The number of hydrogen-bond donors (Lipinski definition) is 3. The molecule has 0 saturated carbocycles. The van der Waals surface area contributed by atoms with E-state index in [1.807, 2.05) is 116 Å². The van der Waals surface area contributed by atoms with Gasteiger partial charge in [0.15, 0.2) is 24.6 Å². The number of nitrogens with one attached hydrogen (secondary N) is 1. The maximum Gasteiger partial charge on any atom is 0.330 e. The largest absolute Gasteiger partial charge is 0.460 e. The van der Waals surface area contributed by atoms with Gasteiger partial charge in [-0.25, -0.2) is 4.79 Å². The number of esters is 4. The molecule has 4 unspecified atom stereocenters. The molecule has 5 saturated heterocycles. The van der Waals surface area contributed by atoms with E-state index in [9.17, 15) is 34.2 Å². The van der Waals surface area contributed by atoms with Crippen molar-refractivity contribution >= 4 is 47.5 Å². The predicted molar refractivity (Wildman–Crippen MR) is 355 cm³/mol. The van der Waals surface area contributed by atoms with Crippen molar-refractivity contribution in [3.8, 4) is 0 Å². The summed E-state index contributed by atoms with van der Waals surface area (Å²) in [5.74, 6) is -7.75. The van der Waals surface area contributed by atoms with Crippen LogP contribution < -0.4 is 5.32 Å². The van der Waals surface area contributed by atoms with Crippen molar-refractivity contribution in [1.29, 1.82) is 0 Å². The lowest BCUT2D eigenvalue weighted by atomic mass is 9.77. The predicted octanol–water partition coefficient (Wildman–Crippen LogP) is 7.71.